The largest absolute Gasteiger partial charge is 0.368 e. The third-order valence-corrected chi connectivity index (χ3v) is 6.80. The molecule has 0 spiro atoms. The van der Waals surface area contributed by atoms with Gasteiger partial charge in [-0.15, -0.1) is 0 Å². The zero-order valence-electron chi connectivity index (χ0n) is 16.2. The van der Waals surface area contributed by atoms with E-state index in [2.05, 4.69) is 17.0 Å². The molecule has 2 aliphatic heterocycles. The van der Waals surface area contributed by atoms with Crippen molar-refractivity contribution in [2.45, 2.75) is 19.4 Å². The van der Waals surface area contributed by atoms with Gasteiger partial charge in [0.2, 0.25) is 10.0 Å². The SMILES string of the molecule is C[C@H]1Cc2cc(C(=O)N3CCN(c4ccccc4)CC3)ccc2N1S(C)(=O)=O. The van der Waals surface area contributed by atoms with Gasteiger partial charge in [-0.2, -0.15) is 0 Å². The van der Waals surface area contributed by atoms with Crippen molar-refractivity contribution in [3.8, 4) is 0 Å². The molecule has 6 nitrogen and oxygen atoms in total. The highest BCUT2D eigenvalue weighted by atomic mass is 32.2. The van der Waals surface area contributed by atoms with E-state index in [0.717, 1.165) is 18.7 Å². The lowest BCUT2D eigenvalue weighted by Gasteiger charge is -2.36. The first-order valence-electron chi connectivity index (χ1n) is 9.56. The molecule has 4 rings (SSSR count). The molecule has 2 heterocycles. The van der Waals surface area contributed by atoms with E-state index >= 15 is 0 Å². The molecule has 2 aliphatic rings. The number of para-hydroxylation sites is 1. The molecule has 0 aliphatic carbocycles. The van der Waals surface area contributed by atoms with Gasteiger partial charge in [-0.1, -0.05) is 18.2 Å². The van der Waals surface area contributed by atoms with E-state index < -0.39 is 10.0 Å². The number of nitrogens with zero attached hydrogens (tertiary/aromatic N) is 3. The van der Waals surface area contributed by atoms with E-state index in [0.29, 0.717) is 30.8 Å². The van der Waals surface area contributed by atoms with Crippen molar-refractivity contribution in [2.24, 2.45) is 0 Å². The Kier molecular flexibility index (Phi) is 4.79. The number of hydrogen-bond donors (Lipinski definition) is 0. The fourth-order valence-electron chi connectivity index (χ4n) is 4.23. The van der Waals surface area contributed by atoms with Crippen molar-refractivity contribution in [2.75, 3.05) is 41.6 Å². The number of anilines is 2. The molecule has 0 N–H and O–H groups in total. The summed E-state index contributed by atoms with van der Waals surface area (Å²) in [6.07, 6.45) is 1.86. The molecular formula is C21H25N3O3S. The summed E-state index contributed by atoms with van der Waals surface area (Å²) in [5, 5.41) is 0. The normalized spacial score (nSPS) is 19.6. The van der Waals surface area contributed by atoms with E-state index in [1.807, 2.05) is 36.1 Å². The van der Waals surface area contributed by atoms with Crippen LogP contribution in [0.4, 0.5) is 11.4 Å². The Morgan fingerprint density at radius 3 is 2.32 bits per heavy atom. The number of benzene rings is 2. The first-order valence-corrected chi connectivity index (χ1v) is 11.4. The molecule has 0 bridgehead atoms. The molecular weight excluding hydrogens is 374 g/mol. The quantitative estimate of drug-likeness (QED) is 0.795. The second-order valence-electron chi connectivity index (χ2n) is 7.57. The third-order valence-electron chi connectivity index (χ3n) is 5.53. The smallest absolute Gasteiger partial charge is 0.253 e. The molecule has 28 heavy (non-hydrogen) atoms. The zero-order valence-corrected chi connectivity index (χ0v) is 17.0. The monoisotopic (exact) mass is 399 g/mol. The minimum Gasteiger partial charge on any atom is -0.368 e. The first-order chi connectivity index (χ1) is 13.3. The van der Waals surface area contributed by atoms with Gasteiger partial charge in [-0.05, 0) is 49.2 Å². The molecule has 0 radical (unpaired) electrons. The van der Waals surface area contributed by atoms with Crippen molar-refractivity contribution in [3.05, 3.63) is 59.7 Å². The molecule has 1 saturated heterocycles. The van der Waals surface area contributed by atoms with E-state index in [4.69, 9.17) is 0 Å². The fraction of sp³-hybridized carbons (Fsp3) is 0.381. The average molecular weight is 400 g/mol. The Bertz CT molecular complexity index is 983. The van der Waals surface area contributed by atoms with Crippen LogP contribution in [-0.4, -0.2) is 57.7 Å². The number of carbonyl (C=O) groups is 1. The number of hydrogen-bond acceptors (Lipinski definition) is 4. The predicted molar refractivity (Wildman–Crippen MR) is 111 cm³/mol. The van der Waals surface area contributed by atoms with Crippen molar-refractivity contribution < 1.29 is 13.2 Å². The van der Waals surface area contributed by atoms with Crippen LogP contribution in [-0.2, 0) is 16.4 Å². The summed E-state index contributed by atoms with van der Waals surface area (Å²) in [7, 11) is -3.32. The summed E-state index contributed by atoms with van der Waals surface area (Å²) < 4.78 is 25.6. The van der Waals surface area contributed by atoms with Crippen LogP contribution in [0.25, 0.3) is 0 Å². The van der Waals surface area contributed by atoms with Gasteiger partial charge in [0.05, 0.1) is 11.9 Å². The van der Waals surface area contributed by atoms with E-state index in [1.165, 1.54) is 16.2 Å². The van der Waals surface area contributed by atoms with Gasteiger partial charge in [0.25, 0.3) is 5.91 Å². The van der Waals surface area contributed by atoms with Gasteiger partial charge in [0, 0.05) is 43.5 Å². The van der Waals surface area contributed by atoms with Crippen LogP contribution >= 0.6 is 0 Å². The zero-order chi connectivity index (χ0) is 19.9. The number of carbonyl (C=O) groups excluding carboxylic acids is 1. The average Bonchev–Trinajstić information content (AvgIpc) is 3.03. The van der Waals surface area contributed by atoms with Gasteiger partial charge < -0.3 is 9.80 Å². The molecule has 2 aromatic rings. The topological polar surface area (TPSA) is 60.9 Å². The van der Waals surface area contributed by atoms with Gasteiger partial charge in [0.1, 0.15) is 0 Å². The first kappa shape index (κ1) is 18.8. The summed E-state index contributed by atoms with van der Waals surface area (Å²) >= 11 is 0. The van der Waals surface area contributed by atoms with Crippen LogP contribution < -0.4 is 9.21 Å². The van der Waals surface area contributed by atoms with Gasteiger partial charge in [0.15, 0.2) is 0 Å². The number of sulfonamides is 1. The maximum absolute atomic E-state index is 13.0. The number of piperazine rings is 1. The second kappa shape index (κ2) is 7.13. The standard InChI is InChI=1S/C21H25N3O3S/c1-16-14-18-15-17(8-9-20(18)24(16)28(2,26)27)21(25)23-12-10-22(11-13-23)19-6-4-3-5-7-19/h3-9,15-16H,10-14H2,1-2H3/t16-/m0/s1. The fourth-order valence-corrected chi connectivity index (χ4v) is 5.49. The predicted octanol–water partition coefficient (Wildman–Crippen LogP) is 2.36. The highest BCUT2D eigenvalue weighted by Crippen LogP contribution is 2.35. The lowest BCUT2D eigenvalue weighted by molar-refractivity contribution is 0.0746. The highest BCUT2D eigenvalue weighted by Gasteiger charge is 2.33. The maximum Gasteiger partial charge on any atom is 0.253 e. The van der Waals surface area contributed by atoms with E-state index in [-0.39, 0.29) is 11.9 Å². The molecule has 1 amide bonds. The van der Waals surface area contributed by atoms with Gasteiger partial charge in [-0.3, -0.25) is 9.10 Å². The van der Waals surface area contributed by atoms with Crippen LogP contribution in [0.3, 0.4) is 0 Å². The molecule has 1 fully saturated rings. The minimum absolute atomic E-state index is 0.0148. The Morgan fingerprint density at radius 1 is 1.00 bits per heavy atom. The molecule has 0 saturated carbocycles. The van der Waals surface area contributed by atoms with Crippen LogP contribution in [0.15, 0.2) is 48.5 Å². The van der Waals surface area contributed by atoms with Gasteiger partial charge >= 0.3 is 0 Å². The van der Waals surface area contributed by atoms with Crippen LogP contribution in [0.1, 0.15) is 22.8 Å². The molecule has 7 heteroatoms. The summed E-state index contributed by atoms with van der Waals surface area (Å²) in [5.74, 6) is 0.0148. The van der Waals surface area contributed by atoms with E-state index in [1.54, 1.807) is 12.1 Å². The summed E-state index contributed by atoms with van der Waals surface area (Å²) in [5.41, 5.74) is 3.43. The van der Waals surface area contributed by atoms with E-state index in [9.17, 15) is 13.2 Å². The summed E-state index contributed by atoms with van der Waals surface area (Å²) in [4.78, 5) is 17.2. The molecule has 2 aromatic carbocycles. The summed E-state index contributed by atoms with van der Waals surface area (Å²) in [6, 6.07) is 15.5. The minimum atomic E-state index is -3.32. The molecule has 0 aromatic heterocycles. The van der Waals surface area contributed by atoms with Crippen molar-refractivity contribution in [1.82, 2.24) is 4.90 Å². The Morgan fingerprint density at radius 2 is 1.68 bits per heavy atom. The molecule has 148 valence electrons. The van der Waals surface area contributed by atoms with Crippen LogP contribution in [0.5, 0.6) is 0 Å². The molecule has 0 unspecified atom stereocenters. The number of rotatable bonds is 3. The Balaban J connectivity index is 1.48. The Hall–Kier alpha value is -2.54. The highest BCUT2D eigenvalue weighted by molar-refractivity contribution is 7.92. The lowest BCUT2D eigenvalue weighted by Crippen LogP contribution is -2.48. The van der Waals surface area contributed by atoms with Crippen molar-refractivity contribution >= 4 is 27.3 Å². The van der Waals surface area contributed by atoms with Crippen molar-refractivity contribution in [3.63, 3.8) is 0 Å². The van der Waals surface area contributed by atoms with Crippen LogP contribution in [0.2, 0.25) is 0 Å². The Labute approximate surface area is 166 Å². The molecule has 1 atom stereocenters. The lowest BCUT2D eigenvalue weighted by atomic mass is 10.1. The number of fused-ring (bicyclic) bond motifs is 1. The second-order valence-corrected chi connectivity index (χ2v) is 9.43. The third kappa shape index (κ3) is 3.46. The number of amides is 1. The van der Waals surface area contributed by atoms with Crippen LogP contribution in [0, 0.1) is 0 Å². The van der Waals surface area contributed by atoms with Crippen molar-refractivity contribution in [1.29, 1.82) is 0 Å². The summed E-state index contributed by atoms with van der Waals surface area (Å²) in [6.45, 7) is 4.86. The van der Waals surface area contributed by atoms with Gasteiger partial charge in [-0.25, -0.2) is 8.42 Å². The maximum atomic E-state index is 13.0.